The first kappa shape index (κ1) is 19.0. The van der Waals surface area contributed by atoms with Crippen LogP contribution in [-0.4, -0.2) is 46.1 Å². The lowest BCUT2D eigenvalue weighted by Gasteiger charge is -2.36. The number of anilines is 3. The molecule has 1 aliphatic heterocycles. The molecule has 0 unspecified atom stereocenters. The van der Waals surface area contributed by atoms with Gasteiger partial charge in [-0.05, 0) is 37.6 Å². The van der Waals surface area contributed by atoms with Gasteiger partial charge in [0.2, 0.25) is 5.95 Å². The van der Waals surface area contributed by atoms with E-state index < -0.39 is 0 Å². The minimum absolute atomic E-state index is 0.205. The van der Waals surface area contributed by atoms with Crippen LogP contribution in [0.15, 0.2) is 42.7 Å². The van der Waals surface area contributed by atoms with E-state index >= 15 is 0 Å². The Kier molecular flexibility index (Phi) is 5.50. The van der Waals surface area contributed by atoms with Crippen molar-refractivity contribution >= 4 is 17.5 Å². The number of nitrogens with zero attached hydrogens (tertiary/aromatic N) is 6. The van der Waals surface area contributed by atoms with Crippen LogP contribution in [0.1, 0.15) is 17.1 Å². The number of hydrogen-bond donors (Lipinski definition) is 1. The van der Waals surface area contributed by atoms with Crippen molar-refractivity contribution in [3.05, 3.63) is 65.6 Å². The average Bonchev–Trinajstić information content (AvgIpc) is 2.72. The van der Waals surface area contributed by atoms with Crippen molar-refractivity contribution in [2.45, 2.75) is 20.4 Å². The minimum atomic E-state index is -0.205. The molecule has 1 N–H and O–H groups in total. The zero-order valence-corrected chi connectivity index (χ0v) is 16.6. The summed E-state index contributed by atoms with van der Waals surface area (Å²) in [5.41, 5.74) is 2.41. The fraction of sp³-hybridized carbons (Fsp3) is 0.333. The molecule has 3 heterocycles. The molecule has 1 saturated heterocycles. The molecule has 3 aromatic rings. The highest BCUT2D eigenvalue weighted by Gasteiger charge is 2.21. The van der Waals surface area contributed by atoms with Crippen LogP contribution in [0.2, 0.25) is 0 Å². The predicted molar refractivity (Wildman–Crippen MR) is 112 cm³/mol. The monoisotopic (exact) mass is 393 g/mol. The summed E-state index contributed by atoms with van der Waals surface area (Å²) in [5, 5.41) is 3.24. The van der Waals surface area contributed by atoms with E-state index in [2.05, 4.69) is 35.1 Å². The van der Waals surface area contributed by atoms with Crippen LogP contribution in [0.4, 0.5) is 21.8 Å². The van der Waals surface area contributed by atoms with Gasteiger partial charge in [0.25, 0.3) is 0 Å². The first-order valence-corrected chi connectivity index (χ1v) is 9.70. The number of nitrogens with one attached hydrogen (secondary N) is 1. The number of aromatic nitrogens is 4. The first-order valence-electron chi connectivity index (χ1n) is 9.70. The standard InChI is InChI=1S/C21H24FN7/c1-15-12-20(27-16(2)26-15)25-14-17-4-5-19(18(22)13-17)28-8-10-29(11-9-28)21-23-6-3-7-24-21/h3-7,12-13H,8-11,14H2,1-2H3,(H,25,26,27). The zero-order chi connectivity index (χ0) is 20.2. The first-order chi connectivity index (χ1) is 14.1. The van der Waals surface area contributed by atoms with Gasteiger partial charge in [-0.2, -0.15) is 0 Å². The Labute approximate surface area is 169 Å². The Hall–Kier alpha value is -3.29. The van der Waals surface area contributed by atoms with Gasteiger partial charge in [-0.25, -0.2) is 24.3 Å². The number of halogens is 1. The Morgan fingerprint density at radius 1 is 0.966 bits per heavy atom. The molecule has 0 saturated carbocycles. The third-order valence-electron chi connectivity index (χ3n) is 4.91. The van der Waals surface area contributed by atoms with E-state index in [0.717, 1.165) is 49.2 Å². The van der Waals surface area contributed by atoms with Crippen molar-refractivity contribution in [3.63, 3.8) is 0 Å². The van der Waals surface area contributed by atoms with Crippen molar-refractivity contribution < 1.29 is 4.39 Å². The summed E-state index contributed by atoms with van der Waals surface area (Å²) in [6, 6.07) is 9.10. The van der Waals surface area contributed by atoms with E-state index in [9.17, 15) is 4.39 Å². The summed E-state index contributed by atoms with van der Waals surface area (Å²) >= 11 is 0. The zero-order valence-electron chi connectivity index (χ0n) is 16.6. The van der Waals surface area contributed by atoms with E-state index in [4.69, 9.17) is 0 Å². The third-order valence-corrected chi connectivity index (χ3v) is 4.91. The SMILES string of the molecule is Cc1cc(NCc2ccc(N3CCN(c4ncccn4)CC3)c(F)c2)nc(C)n1. The summed E-state index contributed by atoms with van der Waals surface area (Å²) in [7, 11) is 0. The van der Waals surface area contributed by atoms with Gasteiger partial charge < -0.3 is 15.1 Å². The summed E-state index contributed by atoms with van der Waals surface area (Å²) in [4.78, 5) is 21.4. The molecule has 0 amide bonds. The molecule has 150 valence electrons. The Morgan fingerprint density at radius 2 is 1.69 bits per heavy atom. The van der Waals surface area contributed by atoms with Gasteiger partial charge in [0, 0.05) is 56.9 Å². The number of aryl methyl sites for hydroxylation is 2. The van der Waals surface area contributed by atoms with E-state index in [-0.39, 0.29) is 5.82 Å². The fourth-order valence-corrected chi connectivity index (χ4v) is 3.52. The van der Waals surface area contributed by atoms with Crippen LogP contribution in [0, 0.1) is 19.7 Å². The predicted octanol–water partition coefficient (Wildman–Crippen LogP) is 2.96. The molecule has 0 radical (unpaired) electrons. The van der Waals surface area contributed by atoms with Crippen LogP contribution >= 0.6 is 0 Å². The van der Waals surface area contributed by atoms with Gasteiger partial charge in [-0.15, -0.1) is 0 Å². The Bertz CT molecular complexity index is 952. The number of piperazine rings is 1. The molecule has 2 aromatic heterocycles. The van der Waals surface area contributed by atoms with E-state index in [1.54, 1.807) is 24.5 Å². The molecule has 7 nitrogen and oxygen atoms in total. The number of rotatable bonds is 5. The normalized spacial score (nSPS) is 14.2. The quantitative estimate of drug-likeness (QED) is 0.715. The van der Waals surface area contributed by atoms with Gasteiger partial charge in [-0.1, -0.05) is 6.07 Å². The van der Waals surface area contributed by atoms with E-state index in [1.165, 1.54) is 0 Å². The van der Waals surface area contributed by atoms with Gasteiger partial charge in [0.15, 0.2) is 0 Å². The van der Waals surface area contributed by atoms with Crippen LogP contribution in [-0.2, 0) is 6.54 Å². The summed E-state index contributed by atoms with van der Waals surface area (Å²) in [6.45, 7) is 7.28. The van der Waals surface area contributed by atoms with Gasteiger partial charge >= 0.3 is 0 Å². The molecule has 4 rings (SSSR count). The molecule has 0 aliphatic carbocycles. The van der Waals surface area contributed by atoms with E-state index in [1.807, 2.05) is 32.0 Å². The van der Waals surface area contributed by atoms with Crippen LogP contribution in [0.25, 0.3) is 0 Å². The lowest BCUT2D eigenvalue weighted by atomic mass is 10.1. The maximum Gasteiger partial charge on any atom is 0.225 e. The maximum absolute atomic E-state index is 14.8. The molecule has 0 spiro atoms. The van der Waals surface area contributed by atoms with Gasteiger partial charge in [-0.3, -0.25) is 0 Å². The van der Waals surface area contributed by atoms with Gasteiger partial charge in [0.05, 0.1) is 5.69 Å². The van der Waals surface area contributed by atoms with Crippen molar-refractivity contribution in [2.24, 2.45) is 0 Å². The number of benzene rings is 1. The molecular weight excluding hydrogens is 369 g/mol. The molecule has 0 atom stereocenters. The molecule has 8 heteroatoms. The third kappa shape index (κ3) is 4.59. The molecule has 1 fully saturated rings. The summed E-state index contributed by atoms with van der Waals surface area (Å²) in [5.74, 6) is 1.99. The van der Waals surface area contributed by atoms with Gasteiger partial charge in [0.1, 0.15) is 17.5 Å². The smallest absolute Gasteiger partial charge is 0.225 e. The highest BCUT2D eigenvalue weighted by molar-refractivity contribution is 5.51. The molecule has 1 aromatic carbocycles. The molecule has 29 heavy (non-hydrogen) atoms. The van der Waals surface area contributed by atoms with Crippen molar-refractivity contribution in [1.29, 1.82) is 0 Å². The average molecular weight is 393 g/mol. The Balaban J connectivity index is 1.37. The van der Waals surface area contributed by atoms with Crippen molar-refractivity contribution in [2.75, 3.05) is 41.3 Å². The largest absolute Gasteiger partial charge is 0.366 e. The molecule has 1 aliphatic rings. The maximum atomic E-state index is 14.8. The van der Waals surface area contributed by atoms with E-state index in [0.29, 0.717) is 18.1 Å². The highest BCUT2D eigenvalue weighted by Crippen LogP contribution is 2.23. The van der Waals surface area contributed by atoms with Crippen molar-refractivity contribution in [3.8, 4) is 0 Å². The minimum Gasteiger partial charge on any atom is -0.366 e. The fourth-order valence-electron chi connectivity index (χ4n) is 3.52. The van der Waals surface area contributed by atoms with Crippen molar-refractivity contribution in [1.82, 2.24) is 19.9 Å². The van der Waals surface area contributed by atoms with Crippen LogP contribution < -0.4 is 15.1 Å². The second kappa shape index (κ2) is 8.38. The second-order valence-corrected chi connectivity index (χ2v) is 7.10. The molecule has 0 bridgehead atoms. The summed E-state index contributed by atoms with van der Waals surface area (Å²) in [6.07, 6.45) is 3.48. The van der Waals surface area contributed by atoms with Crippen LogP contribution in [0.5, 0.6) is 0 Å². The topological polar surface area (TPSA) is 70.1 Å². The lowest BCUT2D eigenvalue weighted by Crippen LogP contribution is -2.47. The highest BCUT2D eigenvalue weighted by atomic mass is 19.1. The molecular formula is C21H24FN7. The summed E-state index contributed by atoms with van der Waals surface area (Å²) < 4.78 is 14.8. The Morgan fingerprint density at radius 3 is 2.38 bits per heavy atom. The lowest BCUT2D eigenvalue weighted by molar-refractivity contribution is 0.592. The second-order valence-electron chi connectivity index (χ2n) is 7.10. The van der Waals surface area contributed by atoms with Crippen LogP contribution in [0.3, 0.4) is 0 Å². The number of hydrogen-bond acceptors (Lipinski definition) is 7.